The first-order valence-corrected chi connectivity index (χ1v) is 7.02. The van der Waals surface area contributed by atoms with E-state index in [9.17, 15) is 9.90 Å². The number of hydrogen-bond acceptors (Lipinski definition) is 3. The van der Waals surface area contributed by atoms with Crippen molar-refractivity contribution in [1.82, 2.24) is 5.43 Å². The standard InChI is InChI=1S/C13H13Cl3N2O2/c1-7(9-5-8(14)3-4-10(9)19)17-18-11(20)12(2)6-13(12,15)16/h3-5,19H,6H2,1-2H3,(H,18,20)/b17-7-. The Morgan fingerprint density at radius 2 is 2.05 bits per heavy atom. The monoisotopic (exact) mass is 334 g/mol. The molecule has 0 spiro atoms. The minimum absolute atomic E-state index is 0.0339. The number of phenolic OH excluding ortho intramolecular Hbond substituents is 1. The van der Waals surface area contributed by atoms with Crippen LogP contribution in [0, 0.1) is 5.41 Å². The van der Waals surface area contributed by atoms with Crippen molar-refractivity contribution in [3.8, 4) is 5.75 Å². The van der Waals surface area contributed by atoms with Crippen molar-refractivity contribution < 1.29 is 9.90 Å². The van der Waals surface area contributed by atoms with Crippen LogP contribution >= 0.6 is 34.8 Å². The van der Waals surface area contributed by atoms with Gasteiger partial charge in [0.25, 0.3) is 0 Å². The van der Waals surface area contributed by atoms with Gasteiger partial charge in [-0.2, -0.15) is 5.10 Å². The maximum absolute atomic E-state index is 12.0. The molecule has 1 aromatic carbocycles. The van der Waals surface area contributed by atoms with Crippen molar-refractivity contribution >= 4 is 46.4 Å². The summed E-state index contributed by atoms with van der Waals surface area (Å²) in [5, 5.41) is 14.1. The predicted molar refractivity (Wildman–Crippen MR) is 80.6 cm³/mol. The quantitative estimate of drug-likeness (QED) is 0.505. The Morgan fingerprint density at radius 3 is 2.60 bits per heavy atom. The Kier molecular flexibility index (Phi) is 3.93. The van der Waals surface area contributed by atoms with Gasteiger partial charge in [0, 0.05) is 10.6 Å². The van der Waals surface area contributed by atoms with Crippen LogP contribution in [0.4, 0.5) is 0 Å². The van der Waals surface area contributed by atoms with Gasteiger partial charge in [-0.15, -0.1) is 23.2 Å². The van der Waals surface area contributed by atoms with Crippen LogP contribution in [0.1, 0.15) is 25.8 Å². The molecule has 2 N–H and O–H groups in total. The first-order valence-electron chi connectivity index (χ1n) is 5.89. The van der Waals surface area contributed by atoms with Crippen LogP contribution in [0.2, 0.25) is 5.02 Å². The van der Waals surface area contributed by atoms with Crippen LogP contribution in [-0.4, -0.2) is 21.1 Å². The molecule has 1 atom stereocenters. The summed E-state index contributed by atoms with van der Waals surface area (Å²) in [6, 6.07) is 4.59. The molecule has 0 saturated heterocycles. The largest absolute Gasteiger partial charge is 0.507 e. The molecule has 1 aliphatic carbocycles. The van der Waals surface area contributed by atoms with E-state index in [0.29, 0.717) is 22.7 Å². The smallest absolute Gasteiger partial charge is 0.249 e. The molecule has 1 aromatic rings. The van der Waals surface area contributed by atoms with E-state index in [2.05, 4.69) is 10.5 Å². The molecule has 1 unspecified atom stereocenters. The summed E-state index contributed by atoms with van der Waals surface area (Å²) < 4.78 is -1.04. The summed E-state index contributed by atoms with van der Waals surface area (Å²) in [6.07, 6.45) is 0.381. The van der Waals surface area contributed by atoms with Crippen LogP contribution in [0.25, 0.3) is 0 Å². The molecule has 0 radical (unpaired) electrons. The van der Waals surface area contributed by atoms with E-state index in [0.717, 1.165) is 0 Å². The number of halogens is 3. The number of nitrogens with zero attached hydrogens (tertiary/aromatic N) is 1. The highest BCUT2D eigenvalue weighted by Gasteiger charge is 2.68. The average molecular weight is 336 g/mol. The molecule has 2 rings (SSSR count). The van der Waals surface area contributed by atoms with Crippen molar-refractivity contribution in [2.24, 2.45) is 10.5 Å². The van der Waals surface area contributed by atoms with Gasteiger partial charge in [0.1, 0.15) is 10.1 Å². The van der Waals surface area contributed by atoms with Gasteiger partial charge in [-0.1, -0.05) is 11.6 Å². The summed E-state index contributed by atoms with van der Waals surface area (Å²) >= 11 is 17.7. The Morgan fingerprint density at radius 1 is 1.45 bits per heavy atom. The molecule has 1 fully saturated rings. The number of alkyl halides is 2. The third kappa shape index (κ3) is 2.73. The fraction of sp³-hybridized carbons (Fsp3) is 0.385. The summed E-state index contributed by atoms with van der Waals surface area (Å²) in [5.41, 5.74) is 2.45. The molecule has 4 nitrogen and oxygen atoms in total. The van der Waals surface area contributed by atoms with Gasteiger partial charge in [0.15, 0.2) is 0 Å². The topological polar surface area (TPSA) is 61.7 Å². The second-order valence-corrected chi connectivity index (χ2v) is 6.93. The van der Waals surface area contributed by atoms with Gasteiger partial charge < -0.3 is 5.11 Å². The number of nitrogens with one attached hydrogen (secondary N) is 1. The van der Waals surface area contributed by atoms with E-state index in [4.69, 9.17) is 34.8 Å². The second-order valence-electron chi connectivity index (χ2n) is 5.01. The third-order valence-electron chi connectivity index (χ3n) is 3.43. The van der Waals surface area contributed by atoms with Crippen molar-refractivity contribution in [3.63, 3.8) is 0 Å². The maximum atomic E-state index is 12.0. The number of rotatable bonds is 3. The molecule has 0 heterocycles. The number of aromatic hydroxyl groups is 1. The molecular weight excluding hydrogens is 323 g/mol. The molecule has 1 saturated carbocycles. The van der Waals surface area contributed by atoms with Gasteiger partial charge in [-0.05, 0) is 38.5 Å². The van der Waals surface area contributed by atoms with E-state index >= 15 is 0 Å². The van der Waals surface area contributed by atoms with Crippen LogP contribution in [0.3, 0.4) is 0 Å². The molecule has 0 bridgehead atoms. The lowest BCUT2D eigenvalue weighted by Gasteiger charge is -2.10. The Bertz CT molecular complexity index is 601. The predicted octanol–water partition coefficient (Wildman–Crippen LogP) is 3.47. The van der Waals surface area contributed by atoms with Crippen LogP contribution in [0.15, 0.2) is 23.3 Å². The molecule has 7 heteroatoms. The van der Waals surface area contributed by atoms with E-state index in [1.807, 2.05) is 0 Å². The molecule has 0 aliphatic heterocycles. The lowest BCUT2D eigenvalue weighted by molar-refractivity contribution is -0.125. The van der Waals surface area contributed by atoms with Crippen molar-refractivity contribution in [2.45, 2.75) is 24.6 Å². The number of phenols is 1. The van der Waals surface area contributed by atoms with Gasteiger partial charge in [-0.25, -0.2) is 5.43 Å². The lowest BCUT2D eigenvalue weighted by Crippen LogP contribution is -2.30. The third-order valence-corrected chi connectivity index (χ3v) is 4.77. The summed E-state index contributed by atoms with van der Waals surface area (Å²) in [4.78, 5) is 12.0. The van der Waals surface area contributed by atoms with E-state index < -0.39 is 9.75 Å². The van der Waals surface area contributed by atoms with Gasteiger partial charge in [0.2, 0.25) is 5.91 Å². The van der Waals surface area contributed by atoms with Crippen LogP contribution in [-0.2, 0) is 4.79 Å². The number of carbonyl (C=O) groups is 1. The van der Waals surface area contributed by atoms with E-state index in [1.165, 1.54) is 6.07 Å². The number of hydrazone groups is 1. The SMILES string of the molecule is C/C(=N/NC(=O)C1(C)CC1(Cl)Cl)c1cc(Cl)ccc1O. The molecule has 1 amide bonds. The minimum Gasteiger partial charge on any atom is -0.507 e. The molecule has 20 heavy (non-hydrogen) atoms. The van der Waals surface area contributed by atoms with Crippen molar-refractivity contribution in [1.29, 1.82) is 0 Å². The Labute approximate surface area is 131 Å². The van der Waals surface area contributed by atoms with E-state index in [1.54, 1.807) is 26.0 Å². The minimum atomic E-state index is -1.04. The summed E-state index contributed by atoms with van der Waals surface area (Å²) in [6.45, 7) is 3.32. The highest BCUT2D eigenvalue weighted by molar-refractivity contribution is 6.53. The normalized spacial score (nSPS) is 24.4. The molecule has 1 aliphatic rings. The molecule has 108 valence electrons. The number of carbonyl (C=O) groups excluding carboxylic acids is 1. The Hall–Kier alpha value is -0.970. The zero-order chi connectivity index (χ0) is 15.1. The summed E-state index contributed by atoms with van der Waals surface area (Å²) in [7, 11) is 0. The van der Waals surface area contributed by atoms with Gasteiger partial charge >= 0.3 is 0 Å². The van der Waals surface area contributed by atoms with Gasteiger partial charge in [0.05, 0.1) is 11.1 Å². The molecule has 0 aromatic heterocycles. The zero-order valence-corrected chi connectivity index (χ0v) is 13.1. The number of benzene rings is 1. The zero-order valence-electron chi connectivity index (χ0n) is 10.9. The fourth-order valence-electron chi connectivity index (χ4n) is 1.76. The van der Waals surface area contributed by atoms with Crippen molar-refractivity contribution in [2.75, 3.05) is 0 Å². The average Bonchev–Trinajstić information content (AvgIpc) is 2.89. The lowest BCUT2D eigenvalue weighted by atomic mass is 10.1. The Balaban J connectivity index is 2.12. The maximum Gasteiger partial charge on any atom is 0.249 e. The first kappa shape index (κ1) is 15.4. The van der Waals surface area contributed by atoms with Crippen LogP contribution < -0.4 is 5.43 Å². The number of amides is 1. The molecular formula is C13H13Cl3N2O2. The highest BCUT2D eigenvalue weighted by atomic mass is 35.5. The first-order chi connectivity index (χ1) is 9.17. The fourth-order valence-corrected chi connectivity index (χ4v) is 2.64. The summed E-state index contributed by atoms with van der Waals surface area (Å²) in [5.74, 6) is -0.324. The van der Waals surface area contributed by atoms with Crippen molar-refractivity contribution in [3.05, 3.63) is 28.8 Å². The highest BCUT2D eigenvalue weighted by Crippen LogP contribution is 2.63. The second kappa shape index (κ2) is 5.10. The van der Waals surface area contributed by atoms with Gasteiger partial charge in [-0.3, -0.25) is 4.79 Å². The van der Waals surface area contributed by atoms with Crippen LogP contribution in [0.5, 0.6) is 5.75 Å². The van der Waals surface area contributed by atoms with E-state index in [-0.39, 0.29) is 11.7 Å². The number of hydrogen-bond donors (Lipinski definition) is 2.